The number of nitrogens with one attached hydrogen (secondary N) is 1. The molecule has 2 aromatic rings. The van der Waals surface area contributed by atoms with E-state index in [1.165, 1.54) is 16.8 Å². The number of nitrogens with zero attached hydrogens (tertiary/aromatic N) is 3. The highest BCUT2D eigenvalue weighted by molar-refractivity contribution is 5.92. The zero-order valence-corrected chi connectivity index (χ0v) is 15.0. The van der Waals surface area contributed by atoms with E-state index in [-0.39, 0.29) is 30.7 Å². The van der Waals surface area contributed by atoms with Crippen LogP contribution in [0.5, 0.6) is 0 Å². The number of carbonyl (C=O) groups excluding carboxylic acids is 1. The van der Waals surface area contributed by atoms with Crippen molar-refractivity contribution in [3.8, 4) is 5.69 Å². The minimum atomic E-state index is -0.905. The first-order valence-corrected chi connectivity index (χ1v) is 8.03. The van der Waals surface area contributed by atoms with Crippen LogP contribution < -0.4 is 5.32 Å². The first-order chi connectivity index (χ1) is 11.9. The molecule has 0 aliphatic carbocycles. The summed E-state index contributed by atoms with van der Waals surface area (Å²) in [6, 6.07) is 6.87. The van der Waals surface area contributed by atoms with Gasteiger partial charge in [-0.3, -0.25) is 14.5 Å². The van der Waals surface area contributed by atoms with Gasteiger partial charge < -0.3 is 10.4 Å². The van der Waals surface area contributed by atoms with Gasteiger partial charge in [-0.15, -0.1) is 12.4 Å². The van der Waals surface area contributed by atoms with Crippen molar-refractivity contribution >= 4 is 30.1 Å². The topological polar surface area (TPSA) is 87.5 Å². The zero-order chi connectivity index (χ0) is 18.0. The number of amides is 1. The highest BCUT2D eigenvalue weighted by Gasteiger charge is 2.31. The number of hydrogen-bond donors (Lipinski definition) is 2. The monoisotopic (exact) mass is 382 g/mol. The number of carbonyl (C=O) groups is 2. The number of halogens is 2. The Morgan fingerprint density at radius 2 is 2.04 bits per heavy atom. The lowest BCUT2D eigenvalue weighted by molar-refractivity contribution is -0.142. The molecule has 1 aliphatic rings. The van der Waals surface area contributed by atoms with Crippen molar-refractivity contribution < 1.29 is 19.1 Å². The summed E-state index contributed by atoms with van der Waals surface area (Å²) in [4.78, 5) is 25.2. The second-order valence-electron chi connectivity index (χ2n) is 6.07. The highest BCUT2D eigenvalue weighted by Crippen LogP contribution is 2.19. The lowest BCUT2D eigenvalue weighted by Crippen LogP contribution is -2.41. The third-order valence-corrected chi connectivity index (χ3v) is 4.17. The molecule has 3 rings (SSSR count). The van der Waals surface area contributed by atoms with Gasteiger partial charge in [0.1, 0.15) is 17.7 Å². The van der Waals surface area contributed by atoms with Gasteiger partial charge in [-0.1, -0.05) is 0 Å². The number of rotatable bonds is 5. The largest absolute Gasteiger partial charge is 0.480 e. The number of aliphatic carboxylic acids is 1. The molecule has 0 spiro atoms. The van der Waals surface area contributed by atoms with E-state index in [0.717, 1.165) is 6.42 Å². The molecule has 0 bridgehead atoms. The first kappa shape index (κ1) is 19.9. The fourth-order valence-electron chi connectivity index (χ4n) is 3.03. The molecule has 7 nitrogen and oxygen atoms in total. The molecule has 2 heterocycles. The summed E-state index contributed by atoms with van der Waals surface area (Å²) in [7, 11) is 0. The first-order valence-electron chi connectivity index (χ1n) is 8.03. The third-order valence-electron chi connectivity index (χ3n) is 4.17. The van der Waals surface area contributed by atoms with E-state index in [9.17, 15) is 19.1 Å². The maximum Gasteiger partial charge on any atom is 0.320 e. The molecular formula is C17H20ClFN4O3. The van der Waals surface area contributed by atoms with Crippen LogP contribution in [0.1, 0.15) is 18.5 Å². The zero-order valence-electron chi connectivity index (χ0n) is 14.2. The van der Waals surface area contributed by atoms with Gasteiger partial charge in [0, 0.05) is 6.07 Å². The van der Waals surface area contributed by atoms with Gasteiger partial charge in [0.05, 0.1) is 17.9 Å². The molecule has 9 heteroatoms. The second kappa shape index (κ2) is 8.29. The van der Waals surface area contributed by atoms with E-state index in [1.54, 1.807) is 30.0 Å². The molecule has 26 heavy (non-hydrogen) atoms. The van der Waals surface area contributed by atoms with E-state index in [2.05, 4.69) is 10.4 Å². The number of aromatic nitrogens is 2. The summed E-state index contributed by atoms with van der Waals surface area (Å²) in [6.07, 6.45) is 1.31. The van der Waals surface area contributed by atoms with Crippen LogP contribution in [-0.2, 0) is 9.59 Å². The predicted octanol–water partition coefficient (Wildman–Crippen LogP) is 2.23. The van der Waals surface area contributed by atoms with Crippen molar-refractivity contribution in [3.05, 3.63) is 41.8 Å². The van der Waals surface area contributed by atoms with Crippen LogP contribution in [0.4, 0.5) is 10.2 Å². The van der Waals surface area contributed by atoms with E-state index >= 15 is 0 Å². The van der Waals surface area contributed by atoms with Crippen LogP contribution in [0.15, 0.2) is 30.3 Å². The van der Waals surface area contributed by atoms with Crippen LogP contribution in [0.2, 0.25) is 0 Å². The number of carboxylic acids is 1. The van der Waals surface area contributed by atoms with Crippen LogP contribution in [0.25, 0.3) is 5.69 Å². The van der Waals surface area contributed by atoms with E-state index in [0.29, 0.717) is 30.2 Å². The van der Waals surface area contributed by atoms with E-state index < -0.39 is 12.0 Å². The molecule has 140 valence electrons. The molecular weight excluding hydrogens is 363 g/mol. The van der Waals surface area contributed by atoms with Gasteiger partial charge in [-0.05, 0) is 50.6 Å². The number of likely N-dealkylation sites (tertiary alicyclic amines) is 1. The Labute approximate surface area is 156 Å². The number of aryl methyl sites for hydroxylation is 1. The van der Waals surface area contributed by atoms with Crippen LogP contribution in [0.3, 0.4) is 0 Å². The smallest absolute Gasteiger partial charge is 0.320 e. The van der Waals surface area contributed by atoms with Crippen molar-refractivity contribution in [1.82, 2.24) is 14.7 Å². The van der Waals surface area contributed by atoms with Gasteiger partial charge in [-0.2, -0.15) is 5.10 Å². The summed E-state index contributed by atoms with van der Waals surface area (Å²) in [5.74, 6) is -1.11. The molecule has 0 radical (unpaired) electrons. The van der Waals surface area contributed by atoms with Crippen LogP contribution in [-0.4, -0.2) is 50.8 Å². The summed E-state index contributed by atoms with van der Waals surface area (Å²) in [5, 5.41) is 16.3. The average molecular weight is 383 g/mol. The lowest BCUT2D eigenvalue weighted by atomic mass is 10.2. The molecule has 1 aromatic carbocycles. The van der Waals surface area contributed by atoms with Gasteiger partial charge >= 0.3 is 5.97 Å². The molecule has 0 saturated carbocycles. The Kier molecular flexibility index (Phi) is 6.33. The molecule has 1 atom stereocenters. The number of hydrogen-bond acceptors (Lipinski definition) is 4. The Bertz CT molecular complexity index is 794. The quantitative estimate of drug-likeness (QED) is 0.828. The molecule has 1 aliphatic heterocycles. The Hall–Kier alpha value is -2.45. The summed E-state index contributed by atoms with van der Waals surface area (Å²) < 4.78 is 14.6. The van der Waals surface area contributed by atoms with Gasteiger partial charge in [0.2, 0.25) is 5.91 Å². The van der Waals surface area contributed by atoms with Crippen LogP contribution in [0, 0.1) is 12.7 Å². The second-order valence-corrected chi connectivity index (χ2v) is 6.07. The van der Waals surface area contributed by atoms with Gasteiger partial charge in [0.15, 0.2) is 0 Å². The van der Waals surface area contributed by atoms with Crippen molar-refractivity contribution in [3.63, 3.8) is 0 Å². The SMILES string of the molecule is Cc1cc(NC(=O)CN2CCC[C@@H]2C(=O)O)n(-c2ccc(F)cc2)n1.Cl. The predicted molar refractivity (Wildman–Crippen MR) is 96.4 cm³/mol. The molecule has 1 saturated heterocycles. The molecule has 2 N–H and O–H groups in total. The Balaban J connectivity index is 0.00000243. The van der Waals surface area contributed by atoms with Crippen LogP contribution >= 0.6 is 12.4 Å². The fourth-order valence-corrected chi connectivity index (χ4v) is 3.03. The molecule has 1 fully saturated rings. The Morgan fingerprint density at radius 1 is 1.35 bits per heavy atom. The minimum Gasteiger partial charge on any atom is -0.480 e. The van der Waals surface area contributed by atoms with Gasteiger partial charge in [0.25, 0.3) is 0 Å². The summed E-state index contributed by atoms with van der Waals surface area (Å²) >= 11 is 0. The normalized spacial score (nSPS) is 16.9. The van der Waals surface area contributed by atoms with E-state index in [1.807, 2.05) is 0 Å². The molecule has 1 aromatic heterocycles. The van der Waals surface area contributed by atoms with E-state index in [4.69, 9.17) is 0 Å². The average Bonchev–Trinajstić information content (AvgIpc) is 3.15. The number of carboxylic acid groups (broad SMARTS) is 1. The van der Waals surface area contributed by atoms with Gasteiger partial charge in [-0.25, -0.2) is 9.07 Å². The maximum atomic E-state index is 13.1. The number of anilines is 1. The standard InChI is InChI=1S/C17H19FN4O3.ClH/c1-11-9-15(22(20-11)13-6-4-12(18)5-7-13)19-16(23)10-21-8-2-3-14(21)17(24)25;/h4-7,9,14H,2-3,8,10H2,1H3,(H,19,23)(H,24,25);1H/t14-;/m1./s1. The number of benzene rings is 1. The lowest BCUT2D eigenvalue weighted by Gasteiger charge is -2.20. The van der Waals surface area contributed by atoms with Crippen molar-refractivity contribution in [2.24, 2.45) is 0 Å². The molecule has 1 amide bonds. The Morgan fingerprint density at radius 3 is 2.69 bits per heavy atom. The highest BCUT2D eigenvalue weighted by atomic mass is 35.5. The maximum absolute atomic E-state index is 13.1. The van der Waals surface area contributed by atoms with Crippen molar-refractivity contribution in [2.45, 2.75) is 25.8 Å². The summed E-state index contributed by atoms with van der Waals surface area (Å²) in [6.45, 7) is 2.38. The summed E-state index contributed by atoms with van der Waals surface area (Å²) in [5.41, 5.74) is 1.32. The minimum absolute atomic E-state index is 0. The third kappa shape index (κ3) is 4.39. The van der Waals surface area contributed by atoms with Crippen molar-refractivity contribution in [1.29, 1.82) is 0 Å². The molecule has 0 unspecified atom stereocenters. The fraction of sp³-hybridized carbons (Fsp3) is 0.353. The van der Waals surface area contributed by atoms with Crippen molar-refractivity contribution in [2.75, 3.05) is 18.4 Å².